The van der Waals surface area contributed by atoms with Gasteiger partial charge >= 0.3 is 0 Å². The molecule has 0 radical (unpaired) electrons. The van der Waals surface area contributed by atoms with Gasteiger partial charge in [0.1, 0.15) is 11.0 Å². The minimum atomic E-state index is 0.642. The second-order valence-electron chi connectivity index (χ2n) is 3.82. The Morgan fingerprint density at radius 3 is 2.76 bits per heavy atom. The molecule has 0 saturated carbocycles. The van der Waals surface area contributed by atoms with Gasteiger partial charge in [0, 0.05) is 11.6 Å². The topological polar surface area (TPSA) is 69.6 Å². The molecule has 0 aromatic carbocycles. The van der Waals surface area contributed by atoms with Crippen molar-refractivity contribution in [2.45, 2.75) is 13.8 Å². The van der Waals surface area contributed by atoms with Crippen LogP contribution in [0.5, 0.6) is 0 Å². The maximum Gasteiger partial charge on any atom is 0.164 e. The van der Waals surface area contributed by atoms with Crippen LogP contribution in [-0.4, -0.2) is 19.7 Å². The van der Waals surface area contributed by atoms with Gasteiger partial charge in [0.05, 0.1) is 16.4 Å². The van der Waals surface area contributed by atoms with Crippen LogP contribution in [-0.2, 0) is 0 Å². The quantitative estimate of drug-likeness (QED) is 0.712. The van der Waals surface area contributed by atoms with Gasteiger partial charge in [-0.15, -0.1) is 11.3 Å². The van der Waals surface area contributed by atoms with Gasteiger partial charge in [0.15, 0.2) is 5.82 Å². The zero-order chi connectivity index (χ0) is 12.0. The molecule has 0 atom stereocenters. The van der Waals surface area contributed by atoms with Gasteiger partial charge in [-0.3, -0.25) is 4.98 Å². The van der Waals surface area contributed by atoms with Gasteiger partial charge in [-0.05, 0) is 19.9 Å². The average molecular weight is 245 g/mol. The van der Waals surface area contributed by atoms with E-state index in [0.29, 0.717) is 5.69 Å². The molecule has 3 rings (SSSR count). The van der Waals surface area contributed by atoms with Crippen LogP contribution in [0.15, 0.2) is 17.6 Å². The molecule has 0 unspecified atom stereocenters. The number of nitrogens with zero attached hydrogens (tertiary/aromatic N) is 4. The van der Waals surface area contributed by atoms with Crippen molar-refractivity contribution in [1.29, 1.82) is 0 Å². The van der Waals surface area contributed by atoms with E-state index >= 15 is 0 Å². The lowest BCUT2D eigenvalue weighted by molar-refractivity contribution is 0.833. The van der Waals surface area contributed by atoms with Crippen LogP contribution in [0.1, 0.15) is 10.7 Å². The predicted octanol–water partition coefficient (Wildman–Crippen LogP) is 2.08. The van der Waals surface area contributed by atoms with Gasteiger partial charge in [0.2, 0.25) is 0 Å². The summed E-state index contributed by atoms with van der Waals surface area (Å²) < 4.78 is 1.79. The van der Waals surface area contributed by atoms with E-state index in [4.69, 9.17) is 5.73 Å². The van der Waals surface area contributed by atoms with Crippen LogP contribution in [0.4, 0.5) is 5.69 Å². The number of hydrogen-bond donors (Lipinski definition) is 1. The Hall–Kier alpha value is -1.95. The zero-order valence-electron chi connectivity index (χ0n) is 9.51. The van der Waals surface area contributed by atoms with E-state index in [1.54, 1.807) is 28.3 Å². The first-order valence-corrected chi connectivity index (χ1v) is 6.07. The average Bonchev–Trinajstić information content (AvgIpc) is 2.85. The molecule has 17 heavy (non-hydrogen) atoms. The molecule has 0 fully saturated rings. The number of hydrogen-bond acceptors (Lipinski definition) is 5. The van der Waals surface area contributed by atoms with Crippen molar-refractivity contribution in [2.24, 2.45) is 0 Å². The van der Waals surface area contributed by atoms with E-state index in [2.05, 4.69) is 15.1 Å². The summed E-state index contributed by atoms with van der Waals surface area (Å²) in [4.78, 5) is 8.72. The molecule has 0 bridgehead atoms. The summed E-state index contributed by atoms with van der Waals surface area (Å²) in [6.07, 6.45) is 1.70. The number of nitrogen functional groups attached to an aromatic ring is 1. The predicted molar refractivity (Wildman–Crippen MR) is 68.4 cm³/mol. The fourth-order valence-electron chi connectivity index (χ4n) is 1.79. The number of fused-ring (bicyclic) bond motifs is 1. The molecule has 5 nitrogen and oxygen atoms in total. The van der Waals surface area contributed by atoms with Crippen molar-refractivity contribution >= 4 is 28.1 Å². The fraction of sp³-hybridized carbons (Fsp3) is 0.182. The lowest BCUT2D eigenvalue weighted by Gasteiger charge is -1.97. The first kappa shape index (κ1) is 10.2. The van der Waals surface area contributed by atoms with Crippen molar-refractivity contribution in [3.05, 3.63) is 28.3 Å². The van der Waals surface area contributed by atoms with E-state index in [9.17, 15) is 0 Å². The SMILES string of the molecule is Cc1nc(-n2nc3c(N)ccnc3c2C)cs1. The largest absolute Gasteiger partial charge is 0.397 e. The summed E-state index contributed by atoms with van der Waals surface area (Å²) in [5, 5.41) is 7.46. The third-order valence-electron chi connectivity index (χ3n) is 2.64. The Labute approximate surface area is 102 Å². The molecule has 0 aliphatic heterocycles. The summed E-state index contributed by atoms with van der Waals surface area (Å²) in [6, 6.07) is 1.76. The number of rotatable bonds is 1. The first-order chi connectivity index (χ1) is 8.16. The van der Waals surface area contributed by atoms with Crippen molar-refractivity contribution < 1.29 is 0 Å². The molecule has 0 aliphatic rings. The molecule has 6 heteroatoms. The molecule has 0 amide bonds. The Morgan fingerprint density at radius 1 is 1.29 bits per heavy atom. The number of pyridine rings is 1. The highest BCUT2D eigenvalue weighted by molar-refractivity contribution is 7.09. The van der Waals surface area contributed by atoms with Crippen molar-refractivity contribution in [2.75, 3.05) is 5.73 Å². The minimum Gasteiger partial charge on any atom is -0.397 e. The summed E-state index contributed by atoms with van der Waals surface area (Å²) in [7, 11) is 0. The smallest absolute Gasteiger partial charge is 0.164 e. The Kier molecular flexibility index (Phi) is 2.12. The van der Waals surface area contributed by atoms with Gasteiger partial charge < -0.3 is 5.73 Å². The molecule has 3 aromatic rings. The highest BCUT2D eigenvalue weighted by atomic mass is 32.1. The van der Waals surface area contributed by atoms with Crippen LogP contribution in [0.2, 0.25) is 0 Å². The lowest BCUT2D eigenvalue weighted by atomic mass is 10.3. The lowest BCUT2D eigenvalue weighted by Crippen LogP contribution is -1.99. The second kappa shape index (κ2) is 3.53. The fourth-order valence-corrected chi connectivity index (χ4v) is 2.36. The van der Waals surface area contributed by atoms with Crippen molar-refractivity contribution in [3.8, 4) is 5.82 Å². The van der Waals surface area contributed by atoms with E-state index in [-0.39, 0.29) is 0 Å². The van der Waals surface area contributed by atoms with E-state index in [1.807, 2.05) is 19.2 Å². The van der Waals surface area contributed by atoms with Crippen LogP contribution in [0, 0.1) is 13.8 Å². The maximum atomic E-state index is 5.89. The standard InChI is InChI=1S/C11H11N5S/c1-6-10-11(8(12)3-4-13-10)15-16(6)9-5-17-7(2)14-9/h3-5H,12H2,1-2H3. The maximum absolute atomic E-state index is 5.89. The molecule has 0 aliphatic carbocycles. The third kappa shape index (κ3) is 1.49. The normalized spacial score (nSPS) is 11.2. The number of aryl methyl sites for hydroxylation is 2. The molecule has 3 aromatic heterocycles. The highest BCUT2D eigenvalue weighted by Gasteiger charge is 2.13. The Bertz CT molecular complexity index is 697. The number of nitrogens with two attached hydrogens (primary N) is 1. The molecular weight excluding hydrogens is 234 g/mol. The molecular formula is C11H11N5S. The molecule has 0 spiro atoms. The molecule has 0 saturated heterocycles. The number of thiazole rings is 1. The Morgan fingerprint density at radius 2 is 2.12 bits per heavy atom. The summed E-state index contributed by atoms with van der Waals surface area (Å²) in [6.45, 7) is 3.94. The highest BCUT2D eigenvalue weighted by Crippen LogP contribution is 2.23. The first-order valence-electron chi connectivity index (χ1n) is 5.19. The number of anilines is 1. The van der Waals surface area contributed by atoms with E-state index < -0.39 is 0 Å². The summed E-state index contributed by atoms with van der Waals surface area (Å²) >= 11 is 1.60. The van der Waals surface area contributed by atoms with Crippen LogP contribution in [0.3, 0.4) is 0 Å². The molecule has 2 N–H and O–H groups in total. The Balaban J connectivity index is 2.31. The molecule has 3 heterocycles. The zero-order valence-corrected chi connectivity index (χ0v) is 10.3. The van der Waals surface area contributed by atoms with Gasteiger partial charge in [-0.1, -0.05) is 0 Å². The van der Waals surface area contributed by atoms with Gasteiger partial charge in [0.25, 0.3) is 0 Å². The monoisotopic (exact) mass is 245 g/mol. The minimum absolute atomic E-state index is 0.642. The third-order valence-corrected chi connectivity index (χ3v) is 3.40. The van der Waals surface area contributed by atoms with Crippen LogP contribution >= 0.6 is 11.3 Å². The van der Waals surface area contributed by atoms with Crippen molar-refractivity contribution in [3.63, 3.8) is 0 Å². The van der Waals surface area contributed by atoms with Crippen molar-refractivity contribution in [1.82, 2.24) is 19.7 Å². The van der Waals surface area contributed by atoms with Gasteiger partial charge in [-0.2, -0.15) is 5.10 Å². The number of aromatic nitrogens is 4. The summed E-state index contributed by atoms with van der Waals surface area (Å²) in [5.41, 5.74) is 9.05. The summed E-state index contributed by atoms with van der Waals surface area (Å²) in [5.74, 6) is 0.822. The van der Waals surface area contributed by atoms with Gasteiger partial charge in [-0.25, -0.2) is 9.67 Å². The second-order valence-corrected chi connectivity index (χ2v) is 4.88. The molecule has 86 valence electrons. The van der Waals surface area contributed by atoms with E-state index in [0.717, 1.165) is 27.6 Å². The van der Waals surface area contributed by atoms with Crippen LogP contribution < -0.4 is 5.73 Å². The van der Waals surface area contributed by atoms with Crippen LogP contribution in [0.25, 0.3) is 16.9 Å². The van der Waals surface area contributed by atoms with E-state index in [1.165, 1.54) is 0 Å².